The highest BCUT2D eigenvalue weighted by molar-refractivity contribution is 5.29. The van der Waals surface area contributed by atoms with Gasteiger partial charge in [0.15, 0.2) is 0 Å². The van der Waals surface area contributed by atoms with Crippen LogP contribution in [-0.4, -0.2) is 14.2 Å². The molecule has 1 saturated carbocycles. The van der Waals surface area contributed by atoms with E-state index in [1.54, 1.807) is 7.11 Å². The van der Waals surface area contributed by atoms with Gasteiger partial charge in [0, 0.05) is 6.04 Å². The second-order valence-corrected chi connectivity index (χ2v) is 5.73. The Morgan fingerprint density at radius 2 is 1.79 bits per heavy atom. The molecule has 106 valence electrons. The summed E-state index contributed by atoms with van der Waals surface area (Å²) >= 11 is 0. The van der Waals surface area contributed by atoms with Gasteiger partial charge < -0.3 is 10.1 Å². The first-order valence-electron chi connectivity index (χ1n) is 7.59. The van der Waals surface area contributed by atoms with Crippen LogP contribution in [0.15, 0.2) is 24.3 Å². The highest BCUT2D eigenvalue weighted by Crippen LogP contribution is 2.38. The van der Waals surface area contributed by atoms with E-state index in [4.69, 9.17) is 4.74 Å². The lowest BCUT2D eigenvalue weighted by Crippen LogP contribution is -2.28. The Labute approximate surface area is 117 Å². The van der Waals surface area contributed by atoms with E-state index in [2.05, 4.69) is 43.6 Å². The summed E-state index contributed by atoms with van der Waals surface area (Å²) in [5, 5.41) is 3.52. The Morgan fingerprint density at radius 3 is 2.26 bits per heavy atom. The van der Waals surface area contributed by atoms with Crippen molar-refractivity contribution < 1.29 is 4.74 Å². The molecule has 0 bridgehead atoms. The average Bonchev–Trinajstić information content (AvgIpc) is 2.49. The smallest absolute Gasteiger partial charge is 0.118 e. The number of hydrogen-bond donors (Lipinski definition) is 1. The molecule has 2 heteroatoms. The number of ether oxygens (including phenoxy) is 1. The van der Waals surface area contributed by atoms with Crippen molar-refractivity contribution in [3.8, 4) is 5.75 Å². The van der Waals surface area contributed by atoms with Crippen molar-refractivity contribution in [1.82, 2.24) is 5.32 Å². The fraction of sp³-hybridized carbons (Fsp3) is 0.647. The van der Waals surface area contributed by atoms with E-state index in [9.17, 15) is 0 Å². The van der Waals surface area contributed by atoms with Gasteiger partial charge in [0.1, 0.15) is 5.75 Å². The number of benzene rings is 1. The molecule has 0 aliphatic heterocycles. The molecule has 0 heterocycles. The summed E-state index contributed by atoms with van der Waals surface area (Å²) in [6.07, 6.45) is 6.86. The minimum atomic E-state index is 0.490. The molecule has 1 atom stereocenters. The number of methoxy groups -OCH3 is 1. The third-order valence-corrected chi connectivity index (χ3v) is 4.73. The standard InChI is InChI=1S/C17H27NO/c1-4-13-5-7-14(8-6-13)17(18-2)15-9-11-16(19-3)12-10-15/h9-14,17-18H,4-8H2,1-3H3. The van der Waals surface area contributed by atoms with E-state index in [1.165, 1.54) is 37.7 Å². The van der Waals surface area contributed by atoms with Gasteiger partial charge in [-0.2, -0.15) is 0 Å². The van der Waals surface area contributed by atoms with Crippen LogP contribution in [0.2, 0.25) is 0 Å². The Morgan fingerprint density at radius 1 is 1.16 bits per heavy atom. The van der Waals surface area contributed by atoms with Crippen molar-refractivity contribution in [3.05, 3.63) is 29.8 Å². The van der Waals surface area contributed by atoms with Crippen molar-refractivity contribution in [2.45, 2.75) is 45.1 Å². The lowest BCUT2D eigenvalue weighted by molar-refractivity contribution is 0.224. The van der Waals surface area contributed by atoms with Crippen molar-refractivity contribution in [2.75, 3.05) is 14.2 Å². The van der Waals surface area contributed by atoms with Gasteiger partial charge in [0.25, 0.3) is 0 Å². The van der Waals surface area contributed by atoms with Gasteiger partial charge in [-0.25, -0.2) is 0 Å². The molecule has 1 N–H and O–H groups in total. The van der Waals surface area contributed by atoms with E-state index in [-0.39, 0.29) is 0 Å². The minimum Gasteiger partial charge on any atom is -0.497 e. The highest BCUT2D eigenvalue weighted by atomic mass is 16.5. The summed E-state index contributed by atoms with van der Waals surface area (Å²) in [6.45, 7) is 2.32. The maximum Gasteiger partial charge on any atom is 0.118 e. The fourth-order valence-electron chi connectivity index (χ4n) is 3.42. The Bertz CT molecular complexity index is 365. The molecule has 1 fully saturated rings. The van der Waals surface area contributed by atoms with Gasteiger partial charge >= 0.3 is 0 Å². The Kier molecular flexibility index (Phi) is 5.26. The summed E-state index contributed by atoms with van der Waals surface area (Å²) < 4.78 is 5.24. The molecule has 0 aromatic heterocycles. The summed E-state index contributed by atoms with van der Waals surface area (Å²) in [5.41, 5.74) is 1.39. The molecule has 1 aliphatic carbocycles. The van der Waals surface area contributed by atoms with Crippen LogP contribution in [0.4, 0.5) is 0 Å². The Balaban J connectivity index is 2.03. The predicted octanol–water partition coefficient (Wildman–Crippen LogP) is 4.17. The third kappa shape index (κ3) is 3.50. The van der Waals surface area contributed by atoms with Gasteiger partial charge in [-0.1, -0.05) is 38.3 Å². The molecular weight excluding hydrogens is 234 g/mol. The largest absolute Gasteiger partial charge is 0.497 e. The van der Waals surface area contributed by atoms with Crippen LogP contribution < -0.4 is 10.1 Å². The third-order valence-electron chi connectivity index (χ3n) is 4.73. The molecule has 2 rings (SSSR count). The highest BCUT2D eigenvalue weighted by Gasteiger charge is 2.26. The molecule has 1 aromatic carbocycles. The molecule has 0 saturated heterocycles. The van der Waals surface area contributed by atoms with Gasteiger partial charge in [0.05, 0.1) is 7.11 Å². The predicted molar refractivity (Wildman–Crippen MR) is 80.5 cm³/mol. The lowest BCUT2D eigenvalue weighted by atomic mass is 9.76. The van der Waals surface area contributed by atoms with E-state index in [1.807, 2.05) is 0 Å². The summed E-state index contributed by atoms with van der Waals surface area (Å²) in [7, 11) is 3.80. The lowest BCUT2D eigenvalue weighted by Gasteiger charge is -2.33. The number of nitrogens with one attached hydrogen (secondary N) is 1. The zero-order valence-corrected chi connectivity index (χ0v) is 12.5. The molecule has 0 spiro atoms. The van der Waals surface area contributed by atoms with Gasteiger partial charge in [0.2, 0.25) is 0 Å². The topological polar surface area (TPSA) is 21.3 Å². The van der Waals surface area contributed by atoms with Crippen molar-refractivity contribution in [3.63, 3.8) is 0 Å². The van der Waals surface area contributed by atoms with Crippen molar-refractivity contribution in [1.29, 1.82) is 0 Å². The van der Waals surface area contributed by atoms with Crippen LogP contribution >= 0.6 is 0 Å². The van der Waals surface area contributed by atoms with Crippen LogP contribution in [0.5, 0.6) is 5.75 Å². The van der Waals surface area contributed by atoms with Crippen molar-refractivity contribution in [2.24, 2.45) is 11.8 Å². The summed E-state index contributed by atoms with van der Waals surface area (Å²) in [4.78, 5) is 0. The van der Waals surface area contributed by atoms with Gasteiger partial charge in [-0.15, -0.1) is 0 Å². The zero-order chi connectivity index (χ0) is 13.7. The normalized spacial score (nSPS) is 25.0. The maximum atomic E-state index is 5.24. The fourth-order valence-corrected chi connectivity index (χ4v) is 3.42. The van der Waals surface area contributed by atoms with E-state index < -0.39 is 0 Å². The molecule has 2 nitrogen and oxygen atoms in total. The first-order valence-corrected chi connectivity index (χ1v) is 7.59. The monoisotopic (exact) mass is 261 g/mol. The maximum absolute atomic E-state index is 5.24. The molecule has 19 heavy (non-hydrogen) atoms. The van der Waals surface area contributed by atoms with Crippen LogP contribution in [0.25, 0.3) is 0 Å². The van der Waals surface area contributed by atoms with Crippen LogP contribution in [0.3, 0.4) is 0 Å². The molecular formula is C17H27NO. The SMILES string of the molecule is CCC1CCC(C(NC)c2ccc(OC)cc2)CC1. The number of rotatable bonds is 5. The molecule has 1 aromatic rings. The molecule has 0 amide bonds. The first kappa shape index (κ1) is 14.4. The minimum absolute atomic E-state index is 0.490. The van der Waals surface area contributed by atoms with Gasteiger partial charge in [-0.05, 0) is 49.4 Å². The second kappa shape index (κ2) is 6.95. The number of hydrogen-bond acceptors (Lipinski definition) is 2. The molecule has 1 aliphatic rings. The Hall–Kier alpha value is -1.02. The van der Waals surface area contributed by atoms with E-state index >= 15 is 0 Å². The summed E-state index contributed by atoms with van der Waals surface area (Å²) in [6, 6.07) is 9.02. The summed E-state index contributed by atoms with van der Waals surface area (Å²) in [5.74, 6) is 2.68. The zero-order valence-electron chi connectivity index (χ0n) is 12.5. The molecule has 0 radical (unpaired) electrons. The first-order chi connectivity index (χ1) is 9.28. The average molecular weight is 261 g/mol. The van der Waals surface area contributed by atoms with Crippen LogP contribution in [0, 0.1) is 11.8 Å². The second-order valence-electron chi connectivity index (χ2n) is 5.73. The molecule has 1 unspecified atom stereocenters. The van der Waals surface area contributed by atoms with Gasteiger partial charge in [-0.3, -0.25) is 0 Å². The van der Waals surface area contributed by atoms with E-state index in [0.717, 1.165) is 17.6 Å². The van der Waals surface area contributed by atoms with Crippen molar-refractivity contribution >= 4 is 0 Å². The van der Waals surface area contributed by atoms with E-state index in [0.29, 0.717) is 6.04 Å². The van der Waals surface area contributed by atoms with Crippen LogP contribution in [0.1, 0.15) is 50.6 Å². The quantitative estimate of drug-likeness (QED) is 0.859. The van der Waals surface area contributed by atoms with Crippen LogP contribution in [-0.2, 0) is 0 Å².